The summed E-state index contributed by atoms with van der Waals surface area (Å²) in [6.45, 7) is 1.84. The molecule has 2 aromatic carbocycles. The van der Waals surface area contributed by atoms with E-state index in [1.807, 2.05) is 6.92 Å². The number of hydrogen-bond donors (Lipinski definition) is 2. The van der Waals surface area contributed by atoms with Crippen LogP contribution in [0.15, 0.2) is 53.4 Å². The van der Waals surface area contributed by atoms with E-state index in [-0.39, 0.29) is 29.1 Å². The molecule has 6 nitrogen and oxygen atoms in total. The Hall–Kier alpha value is -2.62. The Morgan fingerprint density at radius 1 is 1.16 bits per heavy atom. The maximum atomic E-state index is 13.9. The number of carbonyl (C=O) groups excluding carboxylic acids is 1. The predicted molar refractivity (Wildman–Crippen MR) is 123 cm³/mol. The fourth-order valence-corrected chi connectivity index (χ4v) is 5.53. The van der Waals surface area contributed by atoms with Crippen molar-refractivity contribution in [1.82, 2.24) is 9.71 Å². The number of hydrogen-bond acceptors (Lipinski definition) is 5. The molecule has 3 aromatic rings. The van der Waals surface area contributed by atoms with Gasteiger partial charge in [0.1, 0.15) is 5.82 Å². The van der Waals surface area contributed by atoms with Crippen LogP contribution in [0.4, 0.5) is 9.52 Å². The number of anilines is 1. The van der Waals surface area contributed by atoms with Gasteiger partial charge in [-0.2, -0.15) is 0 Å². The summed E-state index contributed by atoms with van der Waals surface area (Å²) < 4.78 is 41.0. The molecule has 0 aliphatic heterocycles. The molecular weight excluding hydrogens is 449 g/mol. The van der Waals surface area contributed by atoms with E-state index in [1.165, 1.54) is 17.4 Å². The molecule has 168 valence electrons. The van der Waals surface area contributed by atoms with E-state index in [1.54, 1.807) is 42.5 Å². The zero-order valence-electron chi connectivity index (χ0n) is 17.6. The summed E-state index contributed by atoms with van der Waals surface area (Å²) in [5.41, 5.74) is 2.24. The second-order valence-corrected chi connectivity index (χ2v) is 10.7. The van der Waals surface area contributed by atoms with Crippen LogP contribution in [0, 0.1) is 12.7 Å². The summed E-state index contributed by atoms with van der Waals surface area (Å²) in [6, 6.07) is 13.3. The highest BCUT2D eigenvalue weighted by Crippen LogP contribution is 2.26. The Kier molecular flexibility index (Phi) is 6.68. The van der Waals surface area contributed by atoms with Gasteiger partial charge in [-0.1, -0.05) is 30.3 Å². The Morgan fingerprint density at radius 2 is 1.88 bits per heavy atom. The van der Waals surface area contributed by atoms with E-state index >= 15 is 0 Å². The highest BCUT2D eigenvalue weighted by Gasteiger charge is 2.27. The second-order valence-electron chi connectivity index (χ2n) is 7.88. The van der Waals surface area contributed by atoms with Crippen molar-refractivity contribution in [3.8, 4) is 0 Å². The molecule has 1 aliphatic carbocycles. The molecule has 32 heavy (non-hydrogen) atoms. The molecule has 1 amide bonds. The van der Waals surface area contributed by atoms with Gasteiger partial charge in [-0.3, -0.25) is 4.79 Å². The van der Waals surface area contributed by atoms with Gasteiger partial charge in [0, 0.05) is 23.8 Å². The average Bonchev–Trinajstić information content (AvgIpc) is 3.50. The van der Waals surface area contributed by atoms with Gasteiger partial charge >= 0.3 is 0 Å². The molecule has 0 atom stereocenters. The number of aryl methyl sites for hydroxylation is 2. The first-order valence-electron chi connectivity index (χ1n) is 10.4. The number of rotatable bonds is 9. The third kappa shape index (κ3) is 5.79. The summed E-state index contributed by atoms with van der Waals surface area (Å²) in [6.07, 6.45) is 2.92. The van der Waals surface area contributed by atoms with Gasteiger partial charge in [0.2, 0.25) is 15.9 Å². The minimum atomic E-state index is -3.47. The third-order valence-corrected chi connectivity index (χ3v) is 7.83. The lowest BCUT2D eigenvalue weighted by atomic mass is 10.1. The lowest BCUT2D eigenvalue weighted by Gasteiger charge is -2.07. The number of halogens is 1. The van der Waals surface area contributed by atoms with Crippen LogP contribution >= 0.6 is 11.3 Å². The van der Waals surface area contributed by atoms with Crippen molar-refractivity contribution >= 4 is 32.4 Å². The van der Waals surface area contributed by atoms with Gasteiger partial charge in [-0.25, -0.2) is 22.5 Å². The van der Waals surface area contributed by atoms with Gasteiger partial charge in [0.15, 0.2) is 5.13 Å². The van der Waals surface area contributed by atoms with E-state index in [0.29, 0.717) is 23.5 Å². The van der Waals surface area contributed by atoms with Crippen LogP contribution in [-0.4, -0.2) is 25.4 Å². The number of nitrogens with zero attached hydrogens (tertiary/aromatic N) is 1. The lowest BCUT2D eigenvalue weighted by Crippen LogP contribution is -2.25. The zero-order chi connectivity index (χ0) is 22.7. The van der Waals surface area contributed by atoms with Crippen molar-refractivity contribution < 1.29 is 17.6 Å². The number of nitrogens with one attached hydrogen (secondary N) is 2. The topological polar surface area (TPSA) is 88.2 Å². The summed E-state index contributed by atoms with van der Waals surface area (Å²) >= 11 is 1.34. The molecule has 1 heterocycles. The Bertz CT molecular complexity index is 1220. The monoisotopic (exact) mass is 473 g/mol. The van der Waals surface area contributed by atoms with Crippen molar-refractivity contribution in [2.24, 2.45) is 0 Å². The number of amides is 1. The Balaban J connectivity index is 1.31. The normalized spacial score (nSPS) is 13.8. The van der Waals surface area contributed by atoms with Crippen LogP contribution in [0.1, 0.15) is 41.0 Å². The van der Waals surface area contributed by atoms with Crippen LogP contribution in [0.5, 0.6) is 0 Å². The molecular formula is C23H24FN3O3S2. The molecule has 1 aliphatic rings. The fraction of sp³-hybridized carbons (Fsp3) is 0.304. The van der Waals surface area contributed by atoms with Crippen LogP contribution in [-0.2, 0) is 27.7 Å². The summed E-state index contributed by atoms with van der Waals surface area (Å²) in [7, 11) is -3.47. The Labute approximate surface area is 191 Å². The van der Waals surface area contributed by atoms with E-state index in [9.17, 15) is 17.6 Å². The molecule has 1 fully saturated rings. The van der Waals surface area contributed by atoms with Gasteiger partial charge in [-0.05, 0) is 55.5 Å². The molecule has 0 spiro atoms. The third-order valence-electron chi connectivity index (χ3n) is 5.22. The first-order valence-corrected chi connectivity index (χ1v) is 12.7. The first kappa shape index (κ1) is 22.6. The quantitative estimate of drug-likeness (QED) is 0.488. The summed E-state index contributed by atoms with van der Waals surface area (Å²) in [5.74, 6) is -0.434. The molecule has 9 heteroatoms. The molecule has 1 aromatic heterocycles. The van der Waals surface area contributed by atoms with Crippen molar-refractivity contribution in [3.63, 3.8) is 0 Å². The predicted octanol–water partition coefficient (Wildman–Crippen LogP) is 4.19. The van der Waals surface area contributed by atoms with E-state index in [2.05, 4.69) is 15.0 Å². The average molecular weight is 474 g/mol. The number of aromatic nitrogens is 1. The van der Waals surface area contributed by atoms with Crippen LogP contribution in [0.3, 0.4) is 0 Å². The molecule has 1 saturated carbocycles. The largest absolute Gasteiger partial charge is 0.302 e. The number of thiazole rings is 1. The van der Waals surface area contributed by atoms with Crippen LogP contribution in [0.2, 0.25) is 0 Å². The molecule has 0 unspecified atom stereocenters. The van der Waals surface area contributed by atoms with Gasteiger partial charge in [0.05, 0.1) is 10.6 Å². The minimum Gasteiger partial charge on any atom is -0.302 e. The number of sulfonamides is 1. The molecule has 2 N–H and O–H groups in total. The standard InChI is InChI=1S/C23H24FN3O3S2/c1-15-21(14-17-4-2-3-5-20(17)24)31-23(25-15)26-22(28)13-8-16-6-11-19(12-7-16)32(29,30)27-18-9-10-18/h2-7,11-12,18,27H,8-10,13-14H2,1H3,(H,25,26,28). The summed E-state index contributed by atoms with van der Waals surface area (Å²) in [5, 5.41) is 3.30. The van der Waals surface area contributed by atoms with Gasteiger partial charge < -0.3 is 5.32 Å². The first-order chi connectivity index (χ1) is 15.3. The molecule has 4 rings (SSSR count). The van der Waals surface area contributed by atoms with Crippen LogP contribution in [0.25, 0.3) is 0 Å². The van der Waals surface area contributed by atoms with Gasteiger partial charge in [0.25, 0.3) is 0 Å². The molecule has 0 bridgehead atoms. The minimum absolute atomic E-state index is 0.0603. The van der Waals surface area contributed by atoms with E-state index in [4.69, 9.17) is 0 Å². The van der Waals surface area contributed by atoms with Crippen molar-refractivity contribution in [1.29, 1.82) is 0 Å². The maximum absolute atomic E-state index is 13.9. The smallest absolute Gasteiger partial charge is 0.240 e. The van der Waals surface area contributed by atoms with E-state index < -0.39 is 10.0 Å². The Morgan fingerprint density at radius 3 is 2.56 bits per heavy atom. The van der Waals surface area contributed by atoms with Crippen LogP contribution < -0.4 is 10.0 Å². The summed E-state index contributed by atoms with van der Waals surface area (Å²) in [4.78, 5) is 17.9. The maximum Gasteiger partial charge on any atom is 0.240 e. The zero-order valence-corrected chi connectivity index (χ0v) is 19.2. The highest BCUT2D eigenvalue weighted by molar-refractivity contribution is 7.89. The highest BCUT2D eigenvalue weighted by atomic mass is 32.2. The second kappa shape index (κ2) is 9.48. The van der Waals surface area contributed by atoms with Crippen molar-refractivity contribution in [2.45, 2.75) is 50.0 Å². The molecule has 0 saturated heterocycles. The fourth-order valence-electron chi connectivity index (χ4n) is 3.22. The van der Waals surface area contributed by atoms with Gasteiger partial charge in [-0.15, -0.1) is 11.3 Å². The van der Waals surface area contributed by atoms with E-state index in [0.717, 1.165) is 29.0 Å². The van der Waals surface area contributed by atoms with Crippen molar-refractivity contribution in [3.05, 3.63) is 76.0 Å². The van der Waals surface area contributed by atoms with Crippen molar-refractivity contribution in [2.75, 3.05) is 5.32 Å². The SMILES string of the molecule is Cc1nc(NC(=O)CCc2ccc(S(=O)(=O)NC3CC3)cc2)sc1Cc1ccccc1F. The lowest BCUT2D eigenvalue weighted by molar-refractivity contribution is -0.116. The number of carbonyl (C=O) groups is 1. The molecule has 0 radical (unpaired) electrons. The number of benzene rings is 2.